The molecule has 0 N–H and O–H groups in total. The van der Waals surface area contributed by atoms with Gasteiger partial charge in [0.25, 0.3) is 0 Å². The maximum atomic E-state index is 9.60. The van der Waals surface area contributed by atoms with E-state index in [9.17, 15) is 5.26 Å². The van der Waals surface area contributed by atoms with Gasteiger partial charge in [0.05, 0.1) is 11.6 Å². The lowest BCUT2D eigenvalue weighted by Crippen LogP contribution is -2.00. The van der Waals surface area contributed by atoms with Crippen LogP contribution in [0.5, 0.6) is 5.75 Å². The molecule has 0 saturated carbocycles. The van der Waals surface area contributed by atoms with Gasteiger partial charge in [0.2, 0.25) is 0 Å². The van der Waals surface area contributed by atoms with E-state index in [1.165, 1.54) is 0 Å². The molecular weight excluding hydrogens is 469 g/mol. The van der Waals surface area contributed by atoms with Gasteiger partial charge in [0, 0.05) is 20.1 Å². The van der Waals surface area contributed by atoms with Crippen LogP contribution in [-0.2, 0) is 6.61 Å². The number of benzene rings is 3. The molecule has 0 aliphatic heterocycles. The summed E-state index contributed by atoms with van der Waals surface area (Å²) in [7, 11) is 0. The first kappa shape index (κ1) is 21.5. The number of nitriles is 1. The van der Waals surface area contributed by atoms with E-state index >= 15 is 0 Å². The van der Waals surface area contributed by atoms with Gasteiger partial charge in [0.1, 0.15) is 12.4 Å². The Morgan fingerprint density at radius 1 is 1.07 bits per heavy atom. The average Bonchev–Trinajstić information content (AvgIpc) is 2.67. The van der Waals surface area contributed by atoms with E-state index in [0.29, 0.717) is 22.2 Å². The molecule has 0 fully saturated rings. The topological polar surface area (TPSA) is 33.0 Å². The van der Waals surface area contributed by atoms with Gasteiger partial charge in [-0.15, -0.1) is 0 Å². The van der Waals surface area contributed by atoms with E-state index in [0.717, 1.165) is 38.0 Å². The molecule has 29 heavy (non-hydrogen) atoms. The van der Waals surface area contributed by atoms with Gasteiger partial charge in [-0.1, -0.05) is 57.3 Å². The van der Waals surface area contributed by atoms with E-state index < -0.39 is 0 Å². The molecule has 3 aromatic rings. The van der Waals surface area contributed by atoms with Crippen LogP contribution in [0.15, 0.2) is 59.1 Å². The van der Waals surface area contributed by atoms with E-state index in [1.807, 2.05) is 62.4 Å². The number of halogens is 3. The molecule has 3 rings (SSSR count). The molecule has 0 amide bonds. The van der Waals surface area contributed by atoms with Gasteiger partial charge >= 0.3 is 0 Å². The number of aryl methyl sites for hydroxylation is 2. The number of rotatable bonds is 5. The van der Waals surface area contributed by atoms with Crippen molar-refractivity contribution >= 4 is 50.8 Å². The molecule has 0 atom stereocenters. The van der Waals surface area contributed by atoms with Crippen LogP contribution in [0.25, 0.3) is 11.6 Å². The second-order valence-corrected chi connectivity index (χ2v) is 8.45. The van der Waals surface area contributed by atoms with Crippen LogP contribution in [-0.4, -0.2) is 0 Å². The van der Waals surface area contributed by atoms with E-state index in [4.69, 9.17) is 27.9 Å². The van der Waals surface area contributed by atoms with Crippen molar-refractivity contribution in [1.82, 2.24) is 0 Å². The molecule has 0 aliphatic rings. The van der Waals surface area contributed by atoms with E-state index in [2.05, 4.69) is 22.0 Å². The summed E-state index contributed by atoms with van der Waals surface area (Å²) in [4.78, 5) is 0. The summed E-state index contributed by atoms with van der Waals surface area (Å²) >= 11 is 15.6. The zero-order valence-electron chi connectivity index (χ0n) is 16.0. The lowest BCUT2D eigenvalue weighted by atomic mass is 10.0. The molecule has 0 heterocycles. The minimum absolute atomic E-state index is 0.356. The fourth-order valence-corrected chi connectivity index (χ4v) is 3.95. The molecule has 0 spiro atoms. The molecule has 0 aromatic heterocycles. The number of allylic oxidation sites excluding steroid dienone is 1. The number of hydrogen-bond acceptors (Lipinski definition) is 2. The third-order valence-electron chi connectivity index (χ3n) is 4.44. The van der Waals surface area contributed by atoms with Crippen LogP contribution < -0.4 is 4.74 Å². The first-order valence-corrected chi connectivity index (χ1v) is 10.5. The molecule has 5 heteroatoms. The zero-order chi connectivity index (χ0) is 21.0. The van der Waals surface area contributed by atoms with Crippen LogP contribution in [0.1, 0.15) is 27.8 Å². The van der Waals surface area contributed by atoms with Crippen LogP contribution >= 0.6 is 39.1 Å². The van der Waals surface area contributed by atoms with Crippen molar-refractivity contribution in [3.05, 3.63) is 96.9 Å². The van der Waals surface area contributed by atoms with Crippen molar-refractivity contribution < 1.29 is 4.74 Å². The van der Waals surface area contributed by atoms with Gasteiger partial charge in [0.15, 0.2) is 0 Å². The predicted octanol–water partition coefficient (Wildman–Crippen LogP) is 8.02. The molecule has 0 saturated heterocycles. The Hall–Kier alpha value is -2.25. The first-order chi connectivity index (χ1) is 13.9. The quantitative estimate of drug-likeness (QED) is 0.270. The van der Waals surface area contributed by atoms with Gasteiger partial charge in [-0.3, -0.25) is 0 Å². The summed E-state index contributed by atoms with van der Waals surface area (Å²) in [5, 5.41) is 10.8. The number of ether oxygens (including phenoxy) is 1. The SMILES string of the molecule is Cc1cc(/C=C(\C#N)c2cccc(Br)c2)cc(C)c1OCc1ccc(Cl)cc1Cl. The smallest absolute Gasteiger partial charge is 0.125 e. The summed E-state index contributed by atoms with van der Waals surface area (Å²) in [6.07, 6.45) is 1.89. The van der Waals surface area contributed by atoms with E-state index in [1.54, 1.807) is 12.1 Å². The monoisotopic (exact) mass is 485 g/mol. The Bertz CT molecular complexity index is 1110. The third kappa shape index (κ3) is 5.42. The average molecular weight is 487 g/mol. The Labute approximate surface area is 189 Å². The highest BCUT2D eigenvalue weighted by atomic mass is 79.9. The third-order valence-corrected chi connectivity index (χ3v) is 5.52. The minimum atomic E-state index is 0.356. The van der Waals surface area contributed by atoms with Gasteiger partial charge in [-0.25, -0.2) is 0 Å². The first-order valence-electron chi connectivity index (χ1n) is 8.93. The van der Waals surface area contributed by atoms with Gasteiger partial charge in [-0.2, -0.15) is 5.26 Å². The van der Waals surface area contributed by atoms with E-state index in [-0.39, 0.29) is 0 Å². The second-order valence-electron chi connectivity index (χ2n) is 6.69. The van der Waals surface area contributed by atoms with Gasteiger partial charge in [-0.05, 0) is 78.6 Å². The summed E-state index contributed by atoms with van der Waals surface area (Å²) in [5.41, 5.74) is 5.29. The molecule has 0 radical (unpaired) electrons. The fraction of sp³-hybridized carbons (Fsp3) is 0.125. The Kier molecular flexibility index (Phi) is 7.03. The van der Waals surface area contributed by atoms with Crippen molar-refractivity contribution in [2.45, 2.75) is 20.5 Å². The Morgan fingerprint density at radius 2 is 1.79 bits per heavy atom. The molecule has 146 valence electrons. The molecule has 0 unspecified atom stereocenters. The highest BCUT2D eigenvalue weighted by Crippen LogP contribution is 2.30. The van der Waals surface area contributed by atoms with Crippen molar-refractivity contribution in [2.24, 2.45) is 0 Å². The number of nitrogens with zero attached hydrogens (tertiary/aromatic N) is 1. The molecule has 3 aromatic carbocycles. The van der Waals surface area contributed by atoms with Crippen LogP contribution in [0.4, 0.5) is 0 Å². The summed E-state index contributed by atoms with van der Waals surface area (Å²) in [5.74, 6) is 0.814. The minimum Gasteiger partial charge on any atom is -0.488 e. The molecule has 0 bridgehead atoms. The molecule has 2 nitrogen and oxygen atoms in total. The highest BCUT2D eigenvalue weighted by Gasteiger charge is 2.09. The largest absolute Gasteiger partial charge is 0.488 e. The normalized spacial score (nSPS) is 11.2. The fourth-order valence-electron chi connectivity index (χ4n) is 3.09. The molecule has 0 aliphatic carbocycles. The zero-order valence-corrected chi connectivity index (χ0v) is 19.1. The highest BCUT2D eigenvalue weighted by molar-refractivity contribution is 9.10. The van der Waals surface area contributed by atoms with Crippen LogP contribution in [0.2, 0.25) is 10.0 Å². The van der Waals surface area contributed by atoms with Gasteiger partial charge < -0.3 is 4.74 Å². The second kappa shape index (κ2) is 9.50. The van der Waals surface area contributed by atoms with Crippen LogP contribution in [0.3, 0.4) is 0 Å². The van der Waals surface area contributed by atoms with Crippen LogP contribution in [0, 0.1) is 25.2 Å². The predicted molar refractivity (Wildman–Crippen MR) is 124 cm³/mol. The Morgan fingerprint density at radius 3 is 2.41 bits per heavy atom. The lowest BCUT2D eigenvalue weighted by Gasteiger charge is -2.14. The van der Waals surface area contributed by atoms with Crippen molar-refractivity contribution in [1.29, 1.82) is 5.26 Å². The van der Waals surface area contributed by atoms with Crippen molar-refractivity contribution in [3.63, 3.8) is 0 Å². The Balaban J connectivity index is 1.86. The molecular formula is C24H18BrCl2NO. The summed E-state index contributed by atoms with van der Waals surface area (Å²) in [6.45, 7) is 4.34. The van der Waals surface area contributed by atoms with Crippen molar-refractivity contribution in [2.75, 3.05) is 0 Å². The summed E-state index contributed by atoms with van der Waals surface area (Å²) in [6, 6.07) is 19.4. The maximum absolute atomic E-state index is 9.60. The number of hydrogen-bond donors (Lipinski definition) is 0. The maximum Gasteiger partial charge on any atom is 0.125 e. The lowest BCUT2D eigenvalue weighted by molar-refractivity contribution is 0.302. The standard InChI is InChI=1S/C24H18BrCl2NO/c1-15-8-17(10-20(13-28)18-4-3-5-21(25)11-18)9-16(2)24(15)29-14-19-6-7-22(26)12-23(19)27/h3-12H,14H2,1-2H3/b20-10+. The summed E-state index contributed by atoms with van der Waals surface area (Å²) < 4.78 is 6.98. The van der Waals surface area contributed by atoms with Crippen molar-refractivity contribution in [3.8, 4) is 11.8 Å².